The number of hydrogen-bond donors (Lipinski definition) is 1. The van der Waals surface area contributed by atoms with Gasteiger partial charge in [-0.3, -0.25) is 0 Å². The Morgan fingerprint density at radius 3 is 2.24 bits per heavy atom. The van der Waals surface area contributed by atoms with E-state index in [0.717, 1.165) is 0 Å². The number of rotatable bonds is 3. The summed E-state index contributed by atoms with van der Waals surface area (Å²) in [4.78, 5) is 16.7. The van der Waals surface area contributed by atoms with Gasteiger partial charge in [-0.2, -0.15) is 0 Å². The standard InChI is InChI=1S/C14H30N2O4Si/c1-13(2,3)18-12(17)19-16-10-11(9-15-16)20-21(7,8)14(4,5)6/h11,15H,9-10H2,1-8H3. The van der Waals surface area contributed by atoms with Gasteiger partial charge in [0.05, 0.1) is 12.6 Å². The van der Waals surface area contributed by atoms with Gasteiger partial charge in [0.2, 0.25) is 0 Å². The van der Waals surface area contributed by atoms with E-state index >= 15 is 0 Å². The van der Waals surface area contributed by atoms with Crippen molar-refractivity contribution in [3.63, 3.8) is 0 Å². The van der Waals surface area contributed by atoms with Crippen molar-refractivity contribution >= 4 is 14.5 Å². The van der Waals surface area contributed by atoms with E-state index < -0.39 is 20.1 Å². The first-order valence-corrected chi connectivity index (χ1v) is 10.3. The quantitative estimate of drug-likeness (QED) is 0.637. The van der Waals surface area contributed by atoms with Crippen molar-refractivity contribution in [2.75, 3.05) is 13.1 Å². The zero-order valence-electron chi connectivity index (χ0n) is 14.6. The van der Waals surface area contributed by atoms with E-state index in [1.807, 2.05) is 0 Å². The molecule has 21 heavy (non-hydrogen) atoms. The molecule has 1 unspecified atom stereocenters. The number of nitrogens with zero attached hydrogens (tertiary/aromatic N) is 1. The molecule has 0 spiro atoms. The Bertz CT molecular complexity index is 374. The Balaban J connectivity index is 2.45. The molecule has 0 aromatic heterocycles. The van der Waals surface area contributed by atoms with Crippen LogP contribution in [0.15, 0.2) is 0 Å². The summed E-state index contributed by atoms with van der Waals surface area (Å²) in [6, 6.07) is 0. The Morgan fingerprint density at radius 2 is 1.76 bits per heavy atom. The monoisotopic (exact) mass is 318 g/mol. The molecule has 0 radical (unpaired) electrons. The van der Waals surface area contributed by atoms with Gasteiger partial charge in [0.15, 0.2) is 8.32 Å². The van der Waals surface area contributed by atoms with Crippen molar-refractivity contribution in [3.8, 4) is 0 Å². The van der Waals surface area contributed by atoms with Crippen LogP contribution in [0.25, 0.3) is 0 Å². The molecule has 7 heteroatoms. The Morgan fingerprint density at radius 1 is 1.19 bits per heavy atom. The number of carbonyl (C=O) groups is 1. The summed E-state index contributed by atoms with van der Waals surface area (Å²) in [5.74, 6) is 0. The van der Waals surface area contributed by atoms with Crippen molar-refractivity contribution in [2.45, 2.75) is 71.4 Å². The molecule has 1 heterocycles. The van der Waals surface area contributed by atoms with Crippen LogP contribution in [0.5, 0.6) is 0 Å². The van der Waals surface area contributed by atoms with E-state index in [0.29, 0.717) is 13.1 Å². The minimum Gasteiger partial charge on any atom is -0.427 e. The van der Waals surface area contributed by atoms with Crippen LogP contribution in [0.2, 0.25) is 18.1 Å². The lowest BCUT2D eigenvalue weighted by atomic mass is 10.2. The van der Waals surface area contributed by atoms with Crippen LogP contribution in [0.3, 0.4) is 0 Å². The summed E-state index contributed by atoms with van der Waals surface area (Å²) in [6.07, 6.45) is -0.684. The van der Waals surface area contributed by atoms with E-state index in [-0.39, 0.29) is 11.1 Å². The summed E-state index contributed by atoms with van der Waals surface area (Å²) in [7, 11) is -1.82. The maximum Gasteiger partial charge on any atom is 0.529 e. The third kappa shape index (κ3) is 5.94. The van der Waals surface area contributed by atoms with Crippen molar-refractivity contribution < 1.29 is 18.8 Å². The second-order valence-electron chi connectivity index (χ2n) is 7.98. The maximum atomic E-state index is 11.6. The summed E-state index contributed by atoms with van der Waals surface area (Å²) in [5.41, 5.74) is 2.44. The summed E-state index contributed by atoms with van der Waals surface area (Å²) in [6.45, 7) is 17.6. The van der Waals surface area contributed by atoms with Crippen LogP contribution in [-0.2, 0) is 14.0 Å². The molecule has 124 valence electrons. The number of hydroxylamine groups is 1. The second-order valence-corrected chi connectivity index (χ2v) is 12.7. The number of carbonyl (C=O) groups excluding carboxylic acids is 1. The largest absolute Gasteiger partial charge is 0.529 e. The Hall–Kier alpha value is -0.633. The molecular weight excluding hydrogens is 288 g/mol. The zero-order chi connectivity index (χ0) is 16.5. The third-order valence-electron chi connectivity index (χ3n) is 3.71. The van der Waals surface area contributed by atoms with Crippen LogP contribution < -0.4 is 5.43 Å². The molecule has 0 amide bonds. The van der Waals surface area contributed by atoms with E-state index in [2.05, 4.69) is 39.3 Å². The highest BCUT2D eigenvalue weighted by molar-refractivity contribution is 6.74. The molecule has 1 atom stereocenters. The SMILES string of the molecule is CC(C)(C)OC(=O)ON1CC(O[Si](C)(C)C(C)(C)C)CN1. The minimum atomic E-state index is -1.82. The second kappa shape index (κ2) is 6.24. The minimum absolute atomic E-state index is 0.0216. The fourth-order valence-corrected chi connectivity index (χ4v) is 2.96. The maximum absolute atomic E-state index is 11.6. The van der Waals surface area contributed by atoms with Gasteiger partial charge >= 0.3 is 6.16 Å². The van der Waals surface area contributed by atoms with Gasteiger partial charge in [0.25, 0.3) is 0 Å². The molecular formula is C14H30N2O4Si. The third-order valence-corrected chi connectivity index (χ3v) is 8.24. The van der Waals surface area contributed by atoms with Gasteiger partial charge in [-0.15, -0.1) is 0 Å². The van der Waals surface area contributed by atoms with Gasteiger partial charge in [-0.1, -0.05) is 25.9 Å². The molecule has 1 rings (SSSR count). The summed E-state index contributed by atoms with van der Waals surface area (Å²) >= 11 is 0. The van der Waals surface area contributed by atoms with E-state index in [1.54, 1.807) is 20.8 Å². The first-order chi connectivity index (χ1) is 9.30. The van der Waals surface area contributed by atoms with Gasteiger partial charge in [-0.25, -0.2) is 10.2 Å². The number of nitrogens with one attached hydrogen (secondary N) is 1. The van der Waals surface area contributed by atoms with Crippen LogP contribution in [-0.4, -0.2) is 44.4 Å². The summed E-state index contributed by atoms with van der Waals surface area (Å²) in [5, 5.41) is 1.55. The molecule has 0 aromatic rings. The summed E-state index contributed by atoms with van der Waals surface area (Å²) < 4.78 is 11.4. The van der Waals surface area contributed by atoms with E-state index in [9.17, 15) is 4.79 Å². The molecule has 1 N–H and O–H groups in total. The molecule has 0 saturated carbocycles. The first kappa shape index (κ1) is 18.4. The van der Waals surface area contributed by atoms with Crippen LogP contribution in [0.4, 0.5) is 4.79 Å². The fraction of sp³-hybridized carbons (Fsp3) is 0.929. The van der Waals surface area contributed by atoms with Crippen molar-refractivity contribution in [1.82, 2.24) is 10.6 Å². The van der Waals surface area contributed by atoms with Crippen LogP contribution in [0.1, 0.15) is 41.5 Å². The highest BCUT2D eigenvalue weighted by Crippen LogP contribution is 2.37. The smallest absolute Gasteiger partial charge is 0.427 e. The number of hydrogen-bond acceptors (Lipinski definition) is 6. The fourth-order valence-electron chi connectivity index (χ4n) is 1.62. The molecule has 1 aliphatic rings. The predicted molar refractivity (Wildman–Crippen MR) is 84.1 cm³/mol. The van der Waals surface area contributed by atoms with E-state index in [4.69, 9.17) is 14.0 Å². The topological polar surface area (TPSA) is 60.0 Å². The van der Waals surface area contributed by atoms with Crippen molar-refractivity contribution in [1.29, 1.82) is 0 Å². The molecule has 6 nitrogen and oxygen atoms in total. The molecule has 0 bridgehead atoms. The Labute approximate surface area is 129 Å². The van der Waals surface area contributed by atoms with Gasteiger partial charge in [0, 0.05) is 6.54 Å². The van der Waals surface area contributed by atoms with Crippen LogP contribution in [0, 0.1) is 0 Å². The highest BCUT2D eigenvalue weighted by Gasteiger charge is 2.41. The molecule has 1 fully saturated rings. The molecule has 0 aliphatic carbocycles. The average Bonchev–Trinajstić information content (AvgIpc) is 2.59. The van der Waals surface area contributed by atoms with Gasteiger partial charge in [-0.05, 0) is 38.9 Å². The van der Waals surface area contributed by atoms with Gasteiger partial charge < -0.3 is 14.0 Å². The zero-order valence-corrected chi connectivity index (χ0v) is 15.6. The number of hydrazine groups is 1. The van der Waals surface area contributed by atoms with Gasteiger partial charge in [0.1, 0.15) is 5.60 Å². The predicted octanol–water partition coefficient (Wildman–Crippen LogP) is 3.06. The molecule has 1 saturated heterocycles. The lowest BCUT2D eigenvalue weighted by Crippen LogP contribution is -2.45. The van der Waals surface area contributed by atoms with Crippen molar-refractivity contribution in [2.24, 2.45) is 0 Å². The molecule has 0 aromatic carbocycles. The normalized spacial score (nSPS) is 21.4. The lowest BCUT2D eigenvalue weighted by Gasteiger charge is -2.38. The van der Waals surface area contributed by atoms with Crippen molar-refractivity contribution in [3.05, 3.63) is 0 Å². The van der Waals surface area contributed by atoms with Crippen LogP contribution >= 0.6 is 0 Å². The molecule has 1 aliphatic heterocycles. The average molecular weight is 318 g/mol. The number of ether oxygens (including phenoxy) is 1. The Kier molecular flexibility index (Phi) is 5.47. The lowest BCUT2D eigenvalue weighted by molar-refractivity contribution is -0.159. The highest BCUT2D eigenvalue weighted by atomic mass is 28.4. The first-order valence-electron chi connectivity index (χ1n) is 7.40. The van der Waals surface area contributed by atoms with E-state index in [1.165, 1.54) is 5.17 Å².